The van der Waals surface area contributed by atoms with E-state index in [0.717, 1.165) is 44.5 Å². The molecule has 0 spiro atoms. The van der Waals surface area contributed by atoms with Crippen LogP contribution in [0.4, 0.5) is 0 Å². The van der Waals surface area contributed by atoms with E-state index in [1.807, 2.05) is 18.7 Å². The van der Waals surface area contributed by atoms with Crippen LogP contribution in [0.25, 0.3) is 0 Å². The minimum atomic E-state index is -0.0757. The second-order valence-electron chi connectivity index (χ2n) is 9.10. The molecule has 2 bridgehead atoms. The van der Waals surface area contributed by atoms with E-state index in [9.17, 15) is 9.59 Å². The van der Waals surface area contributed by atoms with E-state index in [0.29, 0.717) is 35.1 Å². The third kappa shape index (κ3) is 3.84. The maximum Gasteiger partial charge on any atom is 0.255 e. The van der Waals surface area contributed by atoms with E-state index in [4.69, 9.17) is 10.2 Å². The summed E-state index contributed by atoms with van der Waals surface area (Å²) >= 11 is 0. The van der Waals surface area contributed by atoms with Crippen LogP contribution in [-0.4, -0.2) is 41.9 Å². The Hall–Kier alpha value is -1.82. The zero-order valence-corrected chi connectivity index (χ0v) is 17.1. The van der Waals surface area contributed by atoms with Gasteiger partial charge >= 0.3 is 0 Å². The smallest absolute Gasteiger partial charge is 0.255 e. The normalized spacial score (nSPS) is 30.9. The molecule has 1 aromatic rings. The quantitative estimate of drug-likeness (QED) is 0.835. The molecule has 3 N–H and O–H groups in total. The molecule has 0 radical (unpaired) electrons. The van der Waals surface area contributed by atoms with Crippen molar-refractivity contribution in [3.63, 3.8) is 0 Å². The molecule has 0 aromatic carbocycles. The van der Waals surface area contributed by atoms with Gasteiger partial charge in [-0.05, 0) is 70.3 Å². The third-order valence-corrected chi connectivity index (χ3v) is 7.19. The second kappa shape index (κ2) is 7.90. The summed E-state index contributed by atoms with van der Waals surface area (Å²) in [6, 6.07) is 2.20. The zero-order chi connectivity index (χ0) is 19.8. The molecule has 6 heteroatoms. The number of amides is 2. The lowest BCUT2D eigenvalue weighted by Crippen LogP contribution is -2.52. The number of nitrogens with two attached hydrogens (primary N) is 1. The zero-order valence-electron chi connectivity index (χ0n) is 17.1. The summed E-state index contributed by atoms with van der Waals surface area (Å²) < 4.78 is 5.46. The third-order valence-electron chi connectivity index (χ3n) is 7.19. The van der Waals surface area contributed by atoms with E-state index in [1.54, 1.807) is 6.07 Å². The Balaban J connectivity index is 1.29. The molecule has 3 fully saturated rings. The van der Waals surface area contributed by atoms with Crippen molar-refractivity contribution in [2.45, 2.75) is 70.9 Å². The van der Waals surface area contributed by atoms with Crippen LogP contribution < -0.4 is 11.1 Å². The number of furan rings is 1. The molecular formula is C22H33N3O3. The average molecular weight is 388 g/mol. The highest BCUT2D eigenvalue weighted by atomic mass is 16.3. The number of aryl methyl sites for hydroxylation is 2. The summed E-state index contributed by atoms with van der Waals surface area (Å²) in [4.78, 5) is 27.6. The van der Waals surface area contributed by atoms with Crippen molar-refractivity contribution in [1.82, 2.24) is 10.2 Å². The van der Waals surface area contributed by atoms with Crippen molar-refractivity contribution < 1.29 is 14.0 Å². The molecule has 154 valence electrons. The molecule has 6 nitrogen and oxygen atoms in total. The lowest BCUT2D eigenvalue weighted by atomic mass is 9.65. The van der Waals surface area contributed by atoms with Gasteiger partial charge in [0.15, 0.2) is 0 Å². The first kappa shape index (κ1) is 19.5. The Labute approximate surface area is 167 Å². The minimum absolute atomic E-state index is 0.0757. The summed E-state index contributed by atoms with van der Waals surface area (Å²) in [5.41, 5.74) is 6.99. The monoisotopic (exact) mass is 387 g/mol. The summed E-state index contributed by atoms with van der Waals surface area (Å²) in [5.74, 6) is 2.85. The Morgan fingerprint density at radius 3 is 2.32 bits per heavy atom. The molecule has 1 saturated heterocycles. The largest absolute Gasteiger partial charge is 0.466 e. The fourth-order valence-electron chi connectivity index (χ4n) is 5.61. The van der Waals surface area contributed by atoms with Gasteiger partial charge in [0.05, 0.1) is 5.56 Å². The number of carbonyl (C=O) groups is 2. The molecule has 2 saturated carbocycles. The van der Waals surface area contributed by atoms with Gasteiger partial charge in [0.1, 0.15) is 11.5 Å². The molecule has 2 atom stereocenters. The van der Waals surface area contributed by atoms with Crippen molar-refractivity contribution in [2.24, 2.45) is 23.5 Å². The summed E-state index contributed by atoms with van der Waals surface area (Å²) in [6.07, 6.45) is 7.19. The molecular weight excluding hydrogens is 354 g/mol. The topological polar surface area (TPSA) is 88.6 Å². The SMILES string of the molecule is Cc1cc(C(=O)NC2CCN(C(=O)C3CC4CCCC(C3)C4N)CC2)c(C)o1. The molecule has 1 aromatic heterocycles. The number of piperidine rings is 1. The molecule has 2 heterocycles. The Bertz CT molecular complexity index is 721. The van der Waals surface area contributed by atoms with Crippen molar-refractivity contribution in [1.29, 1.82) is 0 Å². The highest BCUT2D eigenvalue weighted by molar-refractivity contribution is 5.95. The summed E-state index contributed by atoms with van der Waals surface area (Å²) in [6.45, 7) is 5.12. The fourth-order valence-corrected chi connectivity index (χ4v) is 5.61. The van der Waals surface area contributed by atoms with Gasteiger partial charge in [-0.3, -0.25) is 9.59 Å². The van der Waals surface area contributed by atoms with Gasteiger partial charge in [-0.2, -0.15) is 0 Å². The van der Waals surface area contributed by atoms with E-state index in [2.05, 4.69) is 5.32 Å². The minimum Gasteiger partial charge on any atom is -0.466 e. The predicted octanol–water partition coefficient (Wildman–Crippen LogP) is 2.77. The van der Waals surface area contributed by atoms with Gasteiger partial charge < -0.3 is 20.4 Å². The average Bonchev–Trinajstić information content (AvgIpc) is 3.00. The maximum absolute atomic E-state index is 13.1. The van der Waals surface area contributed by atoms with Gasteiger partial charge in [-0.1, -0.05) is 6.42 Å². The van der Waals surface area contributed by atoms with E-state index in [-0.39, 0.29) is 17.9 Å². The second-order valence-corrected chi connectivity index (χ2v) is 9.10. The van der Waals surface area contributed by atoms with Crippen LogP contribution in [0.15, 0.2) is 10.5 Å². The van der Waals surface area contributed by atoms with Crippen molar-refractivity contribution in [3.8, 4) is 0 Å². The lowest BCUT2D eigenvalue weighted by molar-refractivity contribution is -0.139. The molecule has 2 unspecified atom stereocenters. The molecule has 2 aliphatic carbocycles. The first-order valence-corrected chi connectivity index (χ1v) is 10.8. The number of carbonyl (C=O) groups excluding carboxylic acids is 2. The van der Waals surface area contributed by atoms with Gasteiger partial charge in [0, 0.05) is 31.1 Å². The van der Waals surface area contributed by atoms with Gasteiger partial charge in [-0.25, -0.2) is 0 Å². The van der Waals surface area contributed by atoms with Crippen LogP contribution in [0.2, 0.25) is 0 Å². The van der Waals surface area contributed by atoms with Crippen LogP contribution in [-0.2, 0) is 4.79 Å². The molecule has 1 aliphatic heterocycles. The molecule has 3 aliphatic rings. The Morgan fingerprint density at radius 2 is 1.75 bits per heavy atom. The van der Waals surface area contributed by atoms with Crippen molar-refractivity contribution in [3.05, 3.63) is 23.2 Å². The van der Waals surface area contributed by atoms with E-state index in [1.165, 1.54) is 19.3 Å². The summed E-state index contributed by atoms with van der Waals surface area (Å²) in [5, 5.41) is 3.11. The lowest BCUT2D eigenvalue weighted by Gasteiger charge is -2.45. The number of rotatable bonds is 3. The number of nitrogens with one attached hydrogen (secondary N) is 1. The fraction of sp³-hybridized carbons (Fsp3) is 0.727. The highest BCUT2D eigenvalue weighted by Crippen LogP contribution is 2.42. The van der Waals surface area contributed by atoms with Crippen LogP contribution in [0.5, 0.6) is 0 Å². The van der Waals surface area contributed by atoms with E-state index < -0.39 is 0 Å². The Morgan fingerprint density at radius 1 is 1.11 bits per heavy atom. The Kier molecular flexibility index (Phi) is 5.50. The number of likely N-dealkylation sites (tertiary alicyclic amines) is 1. The number of nitrogens with zero attached hydrogens (tertiary/aromatic N) is 1. The standard InChI is InChI=1S/C22H33N3O3/c1-13-10-19(14(2)28-13)21(26)24-18-6-8-25(9-7-18)22(27)17-11-15-4-3-5-16(12-17)20(15)23/h10,15-18,20H,3-9,11-12,23H2,1-2H3,(H,24,26). The molecule has 4 rings (SSSR count). The van der Waals surface area contributed by atoms with Gasteiger partial charge in [0.25, 0.3) is 5.91 Å². The van der Waals surface area contributed by atoms with Gasteiger partial charge in [-0.15, -0.1) is 0 Å². The highest BCUT2D eigenvalue weighted by Gasteiger charge is 2.42. The van der Waals surface area contributed by atoms with Crippen molar-refractivity contribution >= 4 is 11.8 Å². The summed E-state index contributed by atoms with van der Waals surface area (Å²) in [7, 11) is 0. The van der Waals surface area contributed by atoms with Crippen LogP contribution in [0, 0.1) is 31.6 Å². The predicted molar refractivity (Wildman–Crippen MR) is 107 cm³/mol. The molecule has 28 heavy (non-hydrogen) atoms. The number of fused-ring (bicyclic) bond motifs is 2. The van der Waals surface area contributed by atoms with Crippen LogP contribution in [0.3, 0.4) is 0 Å². The van der Waals surface area contributed by atoms with E-state index >= 15 is 0 Å². The van der Waals surface area contributed by atoms with Crippen LogP contribution in [0.1, 0.15) is 66.8 Å². The molecule has 2 amide bonds. The number of hydrogen-bond acceptors (Lipinski definition) is 4. The number of hydrogen-bond donors (Lipinski definition) is 2. The van der Waals surface area contributed by atoms with Crippen LogP contribution >= 0.6 is 0 Å². The first-order valence-electron chi connectivity index (χ1n) is 10.8. The van der Waals surface area contributed by atoms with Gasteiger partial charge in [0.2, 0.25) is 5.91 Å². The maximum atomic E-state index is 13.1. The van der Waals surface area contributed by atoms with Crippen molar-refractivity contribution in [2.75, 3.05) is 13.1 Å². The first-order chi connectivity index (χ1) is 13.4.